The number of amides is 1. The molecule has 0 saturated carbocycles. The monoisotopic (exact) mass is 589 g/mol. The van der Waals surface area contributed by atoms with E-state index in [1.807, 2.05) is 37.5 Å². The summed E-state index contributed by atoms with van der Waals surface area (Å²) >= 11 is 0. The first-order chi connectivity index (χ1) is 20.6. The van der Waals surface area contributed by atoms with Gasteiger partial charge in [-0.2, -0.15) is 5.10 Å². The standard InChI is InChI=1S/C31H36FN7O4/c1-5-42-29(40)28(27-25-7-6-10-38(25)19-34-27)39-18-22-23(32)15-21(16-24(22)35-39)20-8-9-26(33-17-20)36-11-13-37(14-12-36)30(41)43-31(2,3)4/h8-9,15-19,28H,5-7,10-14H2,1-4H3. The minimum absolute atomic E-state index is 0.215. The SMILES string of the molecule is CCOC(=O)C(c1ncn2c1CCC2)n1cc2c(F)cc(-c3ccc(N4CCN(C(=O)OC(C)(C)C)CC4)nc3)cc2n1. The van der Waals surface area contributed by atoms with Gasteiger partial charge >= 0.3 is 12.1 Å². The van der Waals surface area contributed by atoms with Crippen molar-refractivity contribution in [3.05, 3.63) is 60.2 Å². The molecule has 0 N–H and O–H groups in total. The topological polar surface area (TPSA) is 108 Å². The number of esters is 1. The van der Waals surface area contributed by atoms with Gasteiger partial charge in [0.05, 0.1) is 29.5 Å². The van der Waals surface area contributed by atoms with Gasteiger partial charge in [-0.1, -0.05) is 0 Å². The van der Waals surface area contributed by atoms with Gasteiger partial charge in [0.1, 0.15) is 17.2 Å². The molecule has 0 spiro atoms. The minimum atomic E-state index is -0.902. The fraction of sp³-hybridized carbons (Fsp3) is 0.452. The van der Waals surface area contributed by atoms with Crippen LogP contribution in [0.25, 0.3) is 22.0 Å². The fourth-order valence-electron chi connectivity index (χ4n) is 5.69. The third-order valence-electron chi connectivity index (χ3n) is 7.75. The fourth-order valence-corrected chi connectivity index (χ4v) is 5.69. The Balaban J connectivity index is 1.22. The van der Waals surface area contributed by atoms with Crippen LogP contribution in [0.2, 0.25) is 0 Å². The van der Waals surface area contributed by atoms with E-state index in [1.165, 1.54) is 10.7 Å². The molecule has 11 nitrogen and oxygen atoms in total. The lowest BCUT2D eigenvalue weighted by Crippen LogP contribution is -2.50. The van der Waals surface area contributed by atoms with E-state index in [2.05, 4.69) is 20.0 Å². The predicted octanol–water partition coefficient (Wildman–Crippen LogP) is 4.59. The number of halogens is 1. The van der Waals surface area contributed by atoms with Gasteiger partial charge in [0.15, 0.2) is 6.04 Å². The number of pyridine rings is 1. The predicted molar refractivity (Wildman–Crippen MR) is 158 cm³/mol. The molecule has 1 aromatic carbocycles. The van der Waals surface area contributed by atoms with Gasteiger partial charge < -0.3 is 23.8 Å². The first kappa shape index (κ1) is 28.6. The second-order valence-electron chi connectivity index (χ2n) is 11.9. The molecule has 1 saturated heterocycles. The summed E-state index contributed by atoms with van der Waals surface area (Å²) in [4.78, 5) is 38.5. The summed E-state index contributed by atoms with van der Waals surface area (Å²) in [5, 5.41) is 4.94. The maximum Gasteiger partial charge on any atom is 0.410 e. The maximum absolute atomic E-state index is 15.4. The van der Waals surface area contributed by atoms with E-state index in [9.17, 15) is 9.59 Å². The average molecular weight is 590 g/mol. The number of carbonyl (C=O) groups excluding carboxylic acids is 2. The van der Waals surface area contributed by atoms with Crippen LogP contribution in [-0.4, -0.2) is 79.7 Å². The number of hydrogen-bond acceptors (Lipinski definition) is 8. The van der Waals surface area contributed by atoms with Gasteiger partial charge in [0.25, 0.3) is 0 Å². The Labute approximate surface area is 249 Å². The first-order valence-corrected chi connectivity index (χ1v) is 14.7. The smallest absolute Gasteiger partial charge is 0.410 e. The van der Waals surface area contributed by atoms with E-state index < -0.39 is 23.4 Å². The van der Waals surface area contributed by atoms with Crippen molar-refractivity contribution < 1.29 is 23.5 Å². The van der Waals surface area contributed by atoms with Crippen LogP contribution in [0, 0.1) is 5.82 Å². The lowest BCUT2D eigenvalue weighted by atomic mass is 10.1. The largest absolute Gasteiger partial charge is 0.464 e. The molecule has 1 unspecified atom stereocenters. The minimum Gasteiger partial charge on any atom is -0.464 e. The normalized spacial score (nSPS) is 15.9. The molecule has 5 heterocycles. The van der Waals surface area contributed by atoms with Crippen molar-refractivity contribution in [1.82, 2.24) is 29.2 Å². The number of imidazole rings is 1. The molecule has 2 aliphatic heterocycles. The third kappa shape index (κ3) is 5.78. The van der Waals surface area contributed by atoms with Crippen molar-refractivity contribution in [2.75, 3.05) is 37.7 Å². The number of nitrogens with zero attached hydrogens (tertiary/aromatic N) is 7. The molecule has 0 radical (unpaired) electrons. The number of aryl methyl sites for hydroxylation is 1. The van der Waals surface area contributed by atoms with Crippen LogP contribution in [0.1, 0.15) is 51.5 Å². The summed E-state index contributed by atoms with van der Waals surface area (Å²) in [6.45, 7) is 10.7. The van der Waals surface area contributed by atoms with Crippen molar-refractivity contribution in [3.8, 4) is 11.1 Å². The molecule has 6 rings (SSSR count). The van der Waals surface area contributed by atoms with Gasteiger partial charge in [0.2, 0.25) is 0 Å². The van der Waals surface area contributed by atoms with E-state index in [-0.39, 0.29) is 12.7 Å². The molecular formula is C31H36FN7O4. The Morgan fingerprint density at radius 2 is 1.84 bits per heavy atom. The molecule has 1 fully saturated rings. The van der Waals surface area contributed by atoms with Crippen LogP contribution in [0.15, 0.2) is 43.0 Å². The lowest BCUT2D eigenvalue weighted by molar-refractivity contribution is -0.146. The van der Waals surface area contributed by atoms with Crippen molar-refractivity contribution in [2.24, 2.45) is 0 Å². The van der Waals surface area contributed by atoms with E-state index in [1.54, 1.807) is 36.6 Å². The Morgan fingerprint density at radius 3 is 2.53 bits per heavy atom. The molecule has 2 aliphatic rings. The summed E-state index contributed by atoms with van der Waals surface area (Å²) in [5.74, 6) is -0.141. The number of benzene rings is 1. The average Bonchev–Trinajstić information content (AvgIpc) is 3.70. The Morgan fingerprint density at radius 1 is 1.05 bits per heavy atom. The Bertz CT molecular complexity index is 1650. The second-order valence-corrected chi connectivity index (χ2v) is 11.9. The molecule has 1 amide bonds. The van der Waals surface area contributed by atoms with Crippen LogP contribution in [-0.2, 0) is 27.2 Å². The van der Waals surface area contributed by atoms with Gasteiger partial charge in [-0.3, -0.25) is 4.68 Å². The molecule has 226 valence electrons. The van der Waals surface area contributed by atoms with Crippen molar-refractivity contribution in [2.45, 2.75) is 58.7 Å². The van der Waals surface area contributed by atoms with Gasteiger partial charge in [-0.05, 0) is 70.4 Å². The summed E-state index contributed by atoms with van der Waals surface area (Å²) in [5.41, 5.74) is 2.82. The highest BCUT2D eigenvalue weighted by atomic mass is 19.1. The highest BCUT2D eigenvalue weighted by Gasteiger charge is 2.33. The summed E-state index contributed by atoms with van der Waals surface area (Å²) in [7, 11) is 0. The zero-order chi connectivity index (χ0) is 30.3. The zero-order valence-electron chi connectivity index (χ0n) is 24.9. The number of anilines is 1. The van der Waals surface area contributed by atoms with Crippen LogP contribution in [0.4, 0.5) is 15.0 Å². The van der Waals surface area contributed by atoms with Crippen LogP contribution in [0.3, 0.4) is 0 Å². The Hall–Kier alpha value is -4.48. The van der Waals surface area contributed by atoms with Crippen molar-refractivity contribution in [3.63, 3.8) is 0 Å². The van der Waals surface area contributed by atoms with Gasteiger partial charge in [0, 0.05) is 56.4 Å². The second kappa shape index (κ2) is 11.3. The molecule has 1 atom stereocenters. The van der Waals surface area contributed by atoms with E-state index in [4.69, 9.17) is 9.47 Å². The number of hydrogen-bond donors (Lipinski definition) is 0. The summed E-state index contributed by atoms with van der Waals surface area (Å²) in [6.07, 6.45) is 6.49. The van der Waals surface area contributed by atoms with E-state index in [0.29, 0.717) is 48.3 Å². The number of piperazine rings is 1. The molecular weight excluding hydrogens is 553 g/mol. The third-order valence-corrected chi connectivity index (χ3v) is 7.75. The van der Waals surface area contributed by atoms with Crippen molar-refractivity contribution in [1.29, 1.82) is 0 Å². The first-order valence-electron chi connectivity index (χ1n) is 14.7. The molecule has 12 heteroatoms. The maximum atomic E-state index is 15.4. The molecule has 43 heavy (non-hydrogen) atoms. The number of aromatic nitrogens is 5. The summed E-state index contributed by atoms with van der Waals surface area (Å²) in [6, 6.07) is 6.15. The molecule has 3 aromatic heterocycles. The molecule has 0 bridgehead atoms. The van der Waals surface area contributed by atoms with Crippen LogP contribution in [0.5, 0.6) is 0 Å². The van der Waals surface area contributed by atoms with Crippen LogP contribution < -0.4 is 4.90 Å². The van der Waals surface area contributed by atoms with Crippen LogP contribution >= 0.6 is 0 Å². The number of fused-ring (bicyclic) bond motifs is 2. The number of rotatable bonds is 6. The number of carbonyl (C=O) groups is 2. The lowest BCUT2D eigenvalue weighted by Gasteiger charge is -2.36. The van der Waals surface area contributed by atoms with Gasteiger partial charge in [-0.15, -0.1) is 0 Å². The summed E-state index contributed by atoms with van der Waals surface area (Å²) < 4.78 is 29.8. The van der Waals surface area contributed by atoms with E-state index >= 15 is 4.39 Å². The number of ether oxygens (including phenoxy) is 2. The zero-order valence-corrected chi connectivity index (χ0v) is 24.9. The quantitative estimate of drug-likeness (QED) is 0.301. The van der Waals surface area contributed by atoms with E-state index in [0.717, 1.165) is 36.5 Å². The van der Waals surface area contributed by atoms with Gasteiger partial charge in [-0.25, -0.2) is 23.9 Å². The highest BCUT2D eigenvalue weighted by molar-refractivity contribution is 5.86. The van der Waals surface area contributed by atoms with Crippen molar-refractivity contribution >= 4 is 28.8 Å². The Kier molecular flexibility index (Phi) is 7.53. The highest BCUT2D eigenvalue weighted by Crippen LogP contribution is 2.31. The molecule has 4 aromatic rings. The molecule has 0 aliphatic carbocycles.